The molecule has 1 saturated heterocycles. The summed E-state index contributed by atoms with van der Waals surface area (Å²) in [6.45, 7) is 4.87. The predicted octanol–water partition coefficient (Wildman–Crippen LogP) is 0.746. The van der Waals surface area contributed by atoms with Gasteiger partial charge in [-0.05, 0) is 32.2 Å². The molecule has 2 atom stereocenters. The van der Waals surface area contributed by atoms with E-state index in [4.69, 9.17) is 5.11 Å². The third kappa shape index (κ3) is 3.19. The smallest absolute Gasteiger partial charge is 0.308 e. The SMILES string of the molecule is CCC(CNC(=O)C1(CC)CCCN1)C(=O)O. The van der Waals surface area contributed by atoms with E-state index >= 15 is 0 Å². The molecule has 1 fully saturated rings. The summed E-state index contributed by atoms with van der Waals surface area (Å²) in [6, 6.07) is 0. The van der Waals surface area contributed by atoms with Gasteiger partial charge in [-0.15, -0.1) is 0 Å². The fraction of sp³-hybridized carbons (Fsp3) is 0.833. The Morgan fingerprint density at radius 2 is 2.18 bits per heavy atom. The molecule has 0 bridgehead atoms. The minimum Gasteiger partial charge on any atom is -0.481 e. The van der Waals surface area contributed by atoms with Gasteiger partial charge >= 0.3 is 5.97 Å². The highest BCUT2D eigenvalue weighted by Gasteiger charge is 2.39. The molecule has 5 nitrogen and oxygen atoms in total. The van der Waals surface area contributed by atoms with Crippen LogP contribution >= 0.6 is 0 Å². The molecule has 0 radical (unpaired) electrons. The van der Waals surface area contributed by atoms with Crippen LogP contribution in [-0.2, 0) is 9.59 Å². The van der Waals surface area contributed by atoms with E-state index in [0.717, 1.165) is 25.8 Å². The Morgan fingerprint density at radius 1 is 1.47 bits per heavy atom. The van der Waals surface area contributed by atoms with E-state index in [1.54, 1.807) is 0 Å². The fourth-order valence-corrected chi connectivity index (χ4v) is 2.25. The molecule has 0 aromatic heterocycles. The first-order valence-corrected chi connectivity index (χ1v) is 6.32. The van der Waals surface area contributed by atoms with Crippen molar-refractivity contribution in [1.29, 1.82) is 0 Å². The molecule has 5 heteroatoms. The molecule has 98 valence electrons. The van der Waals surface area contributed by atoms with Gasteiger partial charge in [0.15, 0.2) is 0 Å². The van der Waals surface area contributed by atoms with E-state index in [9.17, 15) is 9.59 Å². The second kappa shape index (κ2) is 6.00. The lowest BCUT2D eigenvalue weighted by Gasteiger charge is -2.27. The van der Waals surface area contributed by atoms with Gasteiger partial charge in [-0.1, -0.05) is 13.8 Å². The number of nitrogens with one attached hydrogen (secondary N) is 2. The van der Waals surface area contributed by atoms with Crippen molar-refractivity contribution in [3.05, 3.63) is 0 Å². The highest BCUT2D eigenvalue weighted by atomic mass is 16.4. The average molecular weight is 242 g/mol. The van der Waals surface area contributed by atoms with Crippen molar-refractivity contribution in [3.63, 3.8) is 0 Å². The fourth-order valence-electron chi connectivity index (χ4n) is 2.25. The van der Waals surface area contributed by atoms with Gasteiger partial charge in [-0.2, -0.15) is 0 Å². The summed E-state index contributed by atoms with van der Waals surface area (Å²) < 4.78 is 0. The van der Waals surface area contributed by atoms with Crippen LogP contribution in [0.2, 0.25) is 0 Å². The monoisotopic (exact) mass is 242 g/mol. The van der Waals surface area contributed by atoms with E-state index in [1.165, 1.54) is 0 Å². The van der Waals surface area contributed by atoms with Crippen molar-refractivity contribution in [2.75, 3.05) is 13.1 Å². The minimum absolute atomic E-state index is 0.0581. The number of carbonyl (C=O) groups is 2. The van der Waals surface area contributed by atoms with Gasteiger partial charge < -0.3 is 15.7 Å². The predicted molar refractivity (Wildman–Crippen MR) is 64.7 cm³/mol. The van der Waals surface area contributed by atoms with Crippen LogP contribution in [0.4, 0.5) is 0 Å². The Balaban J connectivity index is 2.51. The summed E-state index contributed by atoms with van der Waals surface area (Å²) in [5.41, 5.74) is -0.475. The molecule has 1 amide bonds. The largest absolute Gasteiger partial charge is 0.481 e. The van der Waals surface area contributed by atoms with Gasteiger partial charge in [0, 0.05) is 6.54 Å². The lowest BCUT2D eigenvalue weighted by atomic mass is 9.93. The summed E-state index contributed by atoms with van der Waals surface area (Å²) >= 11 is 0. The van der Waals surface area contributed by atoms with Crippen molar-refractivity contribution in [3.8, 4) is 0 Å². The lowest BCUT2D eigenvalue weighted by Crippen LogP contribution is -2.54. The van der Waals surface area contributed by atoms with E-state index in [2.05, 4.69) is 10.6 Å². The molecular formula is C12H22N2O3. The number of amides is 1. The van der Waals surface area contributed by atoms with Crippen LogP contribution in [0.1, 0.15) is 39.5 Å². The standard InChI is InChI=1S/C12H22N2O3/c1-3-9(10(15)16)8-13-11(17)12(4-2)6-5-7-14-12/h9,14H,3-8H2,1-2H3,(H,13,17)(H,15,16). The van der Waals surface area contributed by atoms with Gasteiger partial charge in [0.05, 0.1) is 11.5 Å². The van der Waals surface area contributed by atoms with Gasteiger partial charge in [-0.25, -0.2) is 0 Å². The molecule has 17 heavy (non-hydrogen) atoms. The lowest BCUT2D eigenvalue weighted by molar-refractivity contribution is -0.141. The normalized spacial score (nSPS) is 25.5. The number of hydrogen-bond donors (Lipinski definition) is 3. The summed E-state index contributed by atoms with van der Waals surface area (Å²) in [5, 5.41) is 14.9. The summed E-state index contributed by atoms with van der Waals surface area (Å²) in [6.07, 6.45) is 3.10. The first kappa shape index (κ1) is 14.0. The quantitative estimate of drug-likeness (QED) is 0.642. The zero-order chi connectivity index (χ0) is 12.9. The summed E-state index contributed by atoms with van der Waals surface area (Å²) in [5.74, 6) is -1.40. The Hall–Kier alpha value is -1.10. The minimum atomic E-state index is -0.849. The number of hydrogen-bond acceptors (Lipinski definition) is 3. The molecule has 1 heterocycles. The van der Waals surface area contributed by atoms with E-state index in [-0.39, 0.29) is 12.5 Å². The highest BCUT2D eigenvalue weighted by molar-refractivity contribution is 5.87. The molecular weight excluding hydrogens is 220 g/mol. The van der Waals surface area contributed by atoms with E-state index in [1.807, 2.05) is 13.8 Å². The molecule has 0 spiro atoms. The third-order valence-corrected chi connectivity index (χ3v) is 3.63. The second-order valence-corrected chi connectivity index (χ2v) is 4.62. The molecule has 0 aromatic carbocycles. The van der Waals surface area contributed by atoms with Crippen LogP contribution in [0.3, 0.4) is 0 Å². The van der Waals surface area contributed by atoms with Crippen molar-refractivity contribution in [2.24, 2.45) is 5.92 Å². The number of rotatable bonds is 6. The number of carbonyl (C=O) groups excluding carboxylic acids is 1. The van der Waals surface area contributed by atoms with Crippen LogP contribution in [0.15, 0.2) is 0 Å². The Bertz CT molecular complexity index is 285. The second-order valence-electron chi connectivity index (χ2n) is 4.62. The maximum absolute atomic E-state index is 12.1. The van der Waals surface area contributed by atoms with Gasteiger partial charge in [0.2, 0.25) is 5.91 Å². The van der Waals surface area contributed by atoms with E-state index in [0.29, 0.717) is 6.42 Å². The first-order chi connectivity index (χ1) is 8.05. The van der Waals surface area contributed by atoms with Crippen molar-refractivity contribution in [2.45, 2.75) is 45.1 Å². The zero-order valence-corrected chi connectivity index (χ0v) is 10.6. The molecule has 0 saturated carbocycles. The van der Waals surface area contributed by atoms with Gasteiger partial charge in [0.25, 0.3) is 0 Å². The molecule has 1 aliphatic rings. The zero-order valence-electron chi connectivity index (χ0n) is 10.6. The van der Waals surface area contributed by atoms with Gasteiger partial charge in [-0.3, -0.25) is 9.59 Å². The van der Waals surface area contributed by atoms with Gasteiger partial charge in [0.1, 0.15) is 0 Å². The molecule has 0 aromatic rings. The van der Waals surface area contributed by atoms with Crippen LogP contribution < -0.4 is 10.6 Å². The van der Waals surface area contributed by atoms with Crippen molar-refractivity contribution in [1.82, 2.24) is 10.6 Å². The molecule has 1 aliphatic heterocycles. The molecule has 0 aliphatic carbocycles. The molecule has 1 rings (SSSR count). The maximum Gasteiger partial charge on any atom is 0.308 e. The Kier molecular flexibility index (Phi) is 4.93. The van der Waals surface area contributed by atoms with Crippen LogP contribution in [0.5, 0.6) is 0 Å². The summed E-state index contributed by atoms with van der Waals surface area (Å²) in [7, 11) is 0. The third-order valence-electron chi connectivity index (χ3n) is 3.63. The Labute approximate surface area is 102 Å². The number of carboxylic acids is 1. The Morgan fingerprint density at radius 3 is 2.59 bits per heavy atom. The topological polar surface area (TPSA) is 78.4 Å². The maximum atomic E-state index is 12.1. The van der Waals surface area contributed by atoms with E-state index < -0.39 is 17.4 Å². The number of carboxylic acid groups (broad SMARTS) is 1. The average Bonchev–Trinajstić information content (AvgIpc) is 2.79. The van der Waals surface area contributed by atoms with Crippen molar-refractivity contribution >= 4 is 11.9 Å². The first-order valence-electron chi connectivity index (χ1n) is 6.32. The summed E-state index contributed by atoms with van der Waals surface area (Å²) in [4.78, 5) is 22.9. The molecule has 3 N–H and O–H groups in total. The number of aliphatic carboxylic acids is 1. The van der Waals surface area contributed by atoms with Crippen LogP contribution in [0, 0.1) is 5.92 Å². The highest BCUT2D eigenvalue weighted by Crippen LogP contribution is 2.23. The van der Waals surface area contributed by atoms with Crippen LogP contribution in [0.25, 0.3) is 0 Å². The van der Waals surface area contributed by atoms with Crippen LogP contribution in [-0.4, -0.2) is 35.6 Å². The molecule has 2 unspecified atom stereocenters. The van der Waals surface area contributed by atoms with Crippen molar-refractivity contribution < 1.29 is 14.7 Å².